The Morgan fingerprint density at radius 2 is 1.70 bits per heavy atom. The average molecular weight is 410 g/mol. The number of benzene rings is 2. The largest absolute Gasteiger partial charge is 0.379 e. The molecule has 2 aromatic carbocycles. The molecule has 1 heterocycles. The molecule has 160 valence electrons. The van der Waals surface area contributed by atoms with E-state index in [4.69, 9.17) is 4.74 Å². The Kier molecular flexibility index (Phi) is 8.68. The fourth-order valence-corrected chi connectivity index (χ4v) is 3.26. The van der Waals surface area contributed by atoms with E-state index in [0.29, 0.717) is 12.5 Å². The smallest absolute Gasteiger partial charge is 0.243 e. The van der Waals surface area contributed by atoms with Gasteiger partial charge in [0.2, 0.25) is 5.91 Å². The lowest BCUT2D eigenvalue weighted by molar-refractivity contribution is -0.115. The molecule has 0 aliphatic carbocycles. The number of morpholine rings is 1. The number of carbonyl (C=O) groups is 1. The van der Waals surface area contributed by atoms with E-state index in [9.17, 15) is 4.79 Å². The Hall–Kier alpha value is -2.90. The topological polar surface area (TPSA) is 78.0 Å². The zero-order valence-corrected chi connectivity index (χ0v) is 17.6. The minimum Gasteiger partial charge on any atom is -0.379 e. The highest BCUT2D eigenvalue weighted by Gasteiger charge is 2.12. The monoisotopic (exact) mass is 409 g/mol. The number of anilines is 1. The fraction of sp³-hybridized carbons (Fsp3) is 0.391. The first-order valence-corrected chi connectivity index (χ1v) is 10.5. The van der Waals surface area contributed by atoms with Crippen LogP contribution in [0.3, 0.4) is 0 Å². The van der Waals surface area contributed by atoms with Crippen molar-refractivity contribution in [3.8, 4) is 0 Å². The number of amides is 1. The first-order valence-electron chi connectivity index (χ1n) is 10.5. The highest BCUT2D eigenvalue weighted by Crippen LogP contribution is 2.14. The summed E-state index contributed by atoms with van der Waals surface area (Å²) in [6, 6.07) is 17.8. The molecule has 7 nitrogen and oxygen atoms in total. The molecule has 1 aliphatic heterocycles. The van der Waals surface area contributed by atoms with Crippen molar-refractivity contribution in [3.63, 3.8) is 0 Å². The lowest BCUT2D eigenvalue weighted by Gasteiger charge is -2.27. The first-order chi connectivity index (χ1) is 14.7. The number of ether oxygens (including phenoxy) is 1. The average Bonchev–Trinajstić information content (AvgIpc) is 2.78. The molecular formula is C23H31N5O2. The Morgan fingerprint density at radius 1 is 1.00 bits per heavy atom. The summed E-state index contributed by atoms with van der Waals surface area (Å²) in [7, 11) is 0. The predicted molar refractivity (Wildman–Crippen MR) is 120 cm³/mol. The van der Waals surface area contributed by atoms with E-state index in [1.165, 1.54) is 11.1 Å². The van der Waals surface area contributed by atoms with Crippen molar-refractivity contribution in [2.75, 3.05) is 44.7 Å². The van der Waals surface area contributed by atoms with Gasteiger partial charge in [0.05, 0.1) is 26.3 Å². The van der Waals surface area contributed by atoms with E-state index in [-0.39, 0.29) is 12.5 Å². The lowest BCUT2D eigenvalue weighted by atomic mass is 10.1. The van der Waals surface area contributed by atoms with Gasteiger partial charge in [-0.15, -0.1) is 0 Å². The van der Waals surface area contributed by atoms with Gasteiger partial charge < -0.3 is 20.7 Å². The second-order valence-electron chi connectivity index (χ2n) is 7.12. The number of guanidine groups is 1. The van der Waals surface area contributed by atoms with Crippen molar-refractivity contribution < 1.29 is 9.53 Å². The summed E-state index contributed by atoms with van der Waals surface area (Å²) in [5.41, 5.74) is 3.25. The van der Waals surface area contributed by atoms with Crippen LogP contribution in [0.15, 0.2) is 59.6 Å². The number of nitrogens with one attached hydrogen (secondary N) is 3. The Balaban J connectivity index is 1.57. The predicted octanol–water partition coefficient (Wildman–Crippen LogP) is 2.21. The van der Waals surface area contributed by atoms with Crippen LogP contribution in [0.2, 0.25) is 0 Å². The maximum atomic E-state index is 12.2. The summed E-state index contributed by atoms with van der Waals surface area (Å²) in [6.45, 7) is 7.83. The summed E-state index contributed by atoms with van der Waals surface area (Å²) in [5, 5.41) is 9.18. The van der Waals surface area contributed by atoms with Crippen molar-refractivity contribution >= 4 is 17.6 Å². The van der Waals surface area contributed by atoms with Crippen LogP contribution in [-0.2, 0) is 22.6 Å². The third kappa shape index (κ3) is 7.17. The van der Waals surface area contributed by atoms with Crippen molar-refractivity contribution in [1.29, 1.82) is 0 Å². The number of nitrogens with zero attached hydrogens (tertiary/aromatic N) is 2. The van der Waals surface area contributed by atoms with E-state index in [1.807, 2.05) is 43.3 Å². The van der Waals surface area contributed by atoms with Gasteiger partial charge in [0.25, 0.3) is 0 Å². The highest BCUT2D eigenvalue weighted by atomic mass is 16.5. The van der Waals surface area contributed by atoms with E-state index >= 15 is 0 Å². The van der Waals surface area contributed by atoms with Crippen molar-refractivity contribution in [2.24, 2.45) is 4.99 Å². The molecule has 1 aliphatic rings. The standard InChI is InChI=1S/C23H31N5O2/c1-2-24-23(26-17-22(29)27-21-10-4-3-5-11-21)25-16-19-8-6-7-9-20(19)18-28-12-14-30-15-13-28/h3-11H,2,12-18H2,1H3,(H,27,29)(H2,24,25,26). The summed E-state index contributed by atoms with van der Waals surface area (Å²) in [6.07, 6.45) is 0. The maximum Gasteiger partial charge on any atom is 0.243 e. The van der Waals surface area contributed by atoms with E-state index in [0.717, 1.165) is 45.1 Å². The number of hydrogen-bond donors (Lipinski definition) is 3. The molecule has 30 heavy (non-hydrogen) atoms. The van der Waals surface area contributed by atoms with Crippen molar-refractivity contribution in [2.45, 2.75) is 20.0 Å². The number of aliphatic imine (C=N–C) groups is 1. The lowest BCUT2D eigenvalue weighted by Crippen LogP contribution is -2.41. The third-order valence-corrected chi connectivity index (χ3v) is 4.84. The molecule has 2 aromatic rings. The molecule has 0 bridgehead atoms. The zero-order valence-electron chi connectivity index (χ0n) is 17.6. The van der Waals surface area contributed by atoms with Crippen LogP contribution >= 0.6 is 0 Å². The van der Waals surface area contributed by atoms with E-state index in [2.05, 4.69) is 44.0 Å². The van der Waals surface area contributed by atoms with E-state index in [1.54, 1.807) is 0 Å². The molecule has 0 aromatic heterocycles. The van der Waals surface area contributed by atoms with Crippen LogP contribution in [0.1, 0.15) is 18.1 Å². The van der Waals surface area contributed by atoms with Crippen LogP contribution in [0, 0.1) is 0 Å². The van der Waals surface area contributed by atoms with Crippen LogP contribution in [0.5, 0.6) is 0 Å². The molecule has 1 amide bonds. The third-order valence-electron chi connectivity index (χ3n) is 4.84. The molecular weight excluding hydrogens is 378 g/mol. The van der Waals surface area contributed by atoms with Gasteiger partial charge in [-0.1, -0.05) is 42.5 Å². The zero-order chi connectivity index (χ0) is 21.0. The number of carbonyl (C=O) groups excluding carboxylic acids is 1. The van der Waals surface area contributed by atoms with Crippen molar-refractivity contribution in [3.05, 3.63) is 65.7 Å². The van der Waals surface area contributed by atoms with Gasteiger partial charge in [0.15, 0.2) is 5.96 Å². The molecule has 1 saturated heterocycles. The van der Waals surface area contributed by atoms with Gasteiger partial charge in [-0.2, -0.15) is 0 Å². The molecule has 0 spiro atoms. The molecule has 7 heteroatoms. The van der Waals surface area contributed by atoms with Crippen LogP contribution < -0.4 is 16.0 Å². The quantitative estimate of drug-likeness (QED) is 0.460. The minimum atomic E-state index is -0.112. The first kappa shape index (κ1) is 21.8. The number of hydrogen-bond acceptors (Lipinski definition) is 4. The van der Waals surface area contributed by atoms with E-state index < -0.39 is 0 Å². The minimum absolute atomic E-state index is 0.112. The summed E-state index contributed by atoms with van der Waals surface area (Å²) in [5.74, 6) is 0.515. The van der Waals surface area contributed by atoms with Gasteiger partial charge in [0.1, 0.15) is 0 Å². The van der Waals surface area contributed by atoms with Crippen molar-refractivity contribution in [1.82, 2.24) is 15.5 Å². The van der Waals surface area contributed by atoms with Crippen LogP contribution in [-0.4, -0.2) is 56.2 Å². The SMILES string of the molecule is CCNC(=NCc1ccccc1CN1CCOCC1)NCC(=O)Nc1ccccc1. The highest BCUT2D eigenvalue weighted by molar-refractivity contribution is 5.94. The van der Waals surface area contributed by atoms with Gasteiger partial charge in [-0.25, -0.2) is 4.99 Å². The number of rotatable bonds is 8. The Labute approximate surface area is 178 Å². The molecule has 0 saturated carbocycles. The molecule has 3 rings (SSSR count). The summed E-state index contributed by atoms with van der Waals surface area (Å²) >= 11 is 0. The molecule has 0 radical (unpaired) electrons. The Bertz CT molecular complexity index is 819. The van der Waals surface area contributed by atoms with Gasteiger partial charge in [0, 0.05) is 31.9 Å². The molecule has 1 fully saturated rings. The molecule has 0 atom stereocenters. The normalized spacial score (nSPS) is 14.9. The van der Waals surface area contributed by atoms with Gasteiger partial charge in [-0.3, -0.25) is 9.69 Å². The van der Waals surface area contributed by atoms with Crippen LogP contribution in [0.4, 0.5) is 5.69 Å². The summed E-state index contributed by atoms with van der Waals surface area (Å²) in [4.78, 5) is 19.3. The summed E-state index contributed by atoms with van der Waals surface area (Å²) < 4.78 is 5.44. The van der Waals surface area contributed by atoms with Gasteiger partial charge in [-0.05, 0) is 30.2 Å². The Morgan fingerprint density at radius 3 is 2.43 bits per heavy atom. The second kappa shape index (κ2) is 11.9. The fourth-order valence-electron chi connectivity index (χ4n) is 3.26. The molecule has 3 N–H and O–H groups in total. The van der Waals surface area contributed by atoms with Gasteiger partial charge >= 0.3 is 0 Å². The van der Waals surface area contributed by atoms with Crippen LogP contribution in [0.25, 0.3) is 0 Å². The number of para-hydroxylation sites is 1. The molecule has 0 unspecified atom stereocenters. The maximum absolute atomic E-state index is 12.2. The second-order valence-corrected chi connectivity index (χ2v) is 7.12.